The summed E-state index contributed by atoms with van der Waals surface area (Å²) >= 11 is 1.67. The van der Waals surface area contributed by atoms with E-state index in [1.165, 1.54) is 5.56 Å². The maximum Gasteiger partial charge on any atom is 0.233 e. The summed E-state index contributed by atoms with van der Waals surface area (Å²) in [6.07, 6.45) is 0.975. The maximum atomic E-state index is 12.7. The molecule has 1 aromatic rings. The minimum absolute atomic E-state index is 0.242. The van der Waals surface area contributed by atoms with Gasteiger partial charge in [-0.15, -0.1) is 0 Å². The van der Waals surface area contributed by atoms with Crippen molar-refractivity contribution in [2.75, 3.05) is 19.6 Å². The molecule has 1 heterocycles. The molecule has 17 heavy (non-hydrogen) atoms. The van der Waals surface area contributed by atoms with E-state index in [2.05, 4.69) is 22.6 Å². The third kappa shape index (κ3) is 1.89. The Hall–Kier alpha value is -0.870. The van der Waals surface area contributed by atoms with Crippen LogP contribution in [0.1, 0.15) is 25.8 Å². The molecule has 0 bridgehead atoms. The molecule has 2 atom stereocenters. The third-order valence-electron chi connectivity index (χ3n) is 3.92. The normalized spacial score (nSPS) is 26.9. The summed E-state index contributed by atoms with van der Waals surface area (Å²) in [4.78, 5) is 14.6. The van der Waals surface area contributed by atoms with E-state index in [9.17, 15) is 4.79 Å². The molecular formula is C13H21N2OS+. The van der Waals surface area contributed by atoms with Crippen molar-refractivity contribution in [1.82, 2.24) is 4.90 Å². The van der Waals surface area contributed by atoms with Crippen molar-refractivity contribution in [1.29, 1.82) is 0 Å². The molecule has 1 aromatic heterocycles. The molecule has 1 saturated carbocycles. The first-order valence-corrected chi connectivity index (χ1v) is 7.26. The monoisotopic (exact) mass is 253 g/mol. The SMILES string of the molecule is CCN(CC)C(=O)[C@]1(c2ccsc2)C[C@@H]1C[NH3+]. The van der Waals surface area contributed by atoms with E-state index in [1.807, 2.05) is 18.7 Å². The molecule has 2 rings (SSSR count). The second kappa shape index (κ2) is 4.78. The first-order valence-electron chi connectivity index (χ1n) is 6.32. The number of likely N-dealkylation sites (N-methyl/N-ethyl adjacent to an activating group) is 1. The lowest BCUT2D eigenvalue weighted by Crippen LogP contribution is -2.53. The number of quaternary nitrogens is 1. The van der Waals surface area contributed by atoms with Crippen LogP contribution in [0.15, 0.2) is 16.8 Å². The summed E-state index contributed by atoms with van der Waals surface area (Å²) in [7, 11) is 0. The molecule has 4 heteroatoms. The molecule has 0 aromatic carbocycles. The van der Waals surface area contributed by atoms with Gasteiger partial charge in [-0.25, -0.2) is 0 Å². The van der Waals surface area contributed by atoms with Gasteiger partial charge in [0.05, 0.1) is 12.0 Å². The van der Waals surface area contributed by atoms with Crippen LogP contribution in [0.4, 0.5) is 0 Å². The van der Waals surface area contributed by atoms with Crippen molar-refractivity contribution >= 4 is 17.2 Å². The Kier molecular flexibility index (Phi) is 3.54. The van der Waals surface area contributed by atoms with Crippen LogP contribution in [0.25, 0.3) is 0 Å². The minimum Gasteiger partial charge on any atom is -0.357 e. The fourth-order valence-corrected chi connectivity index (χ4v) is 3.47. The second-order valence-electron chi connectivity index (χ2n) is 4.65. The number of rotatable bonds is 5. The first kappa shape index (κ1) is 12.6. The van der Waals surface area contributed by atoms with Crippen molar-refractivity contribution < 1.29 is 10.5 Å². The highest BCUT2D eigenvalue weighted by Gasteiger charge is 2.62. The molecule has 1 aliphatic carbocycles. The van der Waals surface area contributed by atoms with Gasteiger partial charge in [-0.2, -0.15) is 11.3 Å². The number of nitrogens with zero attached hydrogens (tertiary/aromatic N) is 1. The number of amides is 1. The van der Waals surface area contributed by atoms with Gasteiger partial charge >= 0.3 is 0 Å². The fourth-order valence-electron chi connectivity index (χ4n) is 2.73. The highest BCUT2D eigenvalue weighted by Crippen LogP contribution is 2.55. The van der Waals surface area contributed by atoms with Crippen LogP contribution < -0.4 is 5.73 Å². The molecule has 1 amide bonds. The zero-order chi connectivity index (χ0) is 12.5. The van der Waals surface area contributed by atoms with Gasteiger partial charge in [0, 0.05) is 19.0 Å². The topological polar surface area (TPSA) is 48.0 Å². The van der Waals surface area contributed by atoms with E-state index in [0.717, 1.165) is 26.1 Å². The molecule has 1 fully saturated rings. The van der Waals surface area contributed by atoms with Crippen molar-refractivity contribution in [3.8, 4) is 0 Å². The average molecular weight is 253 g/mol. The van der Waals surface area contributed by atoms with E-state index < -0.39 is 0 Å². The highest BCUT2D eigenvalue weighted by molar-refractivity contribution is 7.08. The summed E-state index contributed by atoms with van der Waals surface area (Å²) in [5.41, 5.74) is 4.94. The third-order valence-corrected chi connectivity index (χ3v) is 4.61. The molecule has 0 saturated heterocycles. The Balaban J connectivity index is 2.28. The number of carbonyl (C=O) groups is 1. The zero-order valence-electron chi connectivity index (χ0n) is 10.6. The van der Waals surface area contributed by atoms with E-state index >= 15 is 0 Å². The van der Waals surface area contributed by atoms with Gasteiger partial charge < -0.3 is 10.6 Å². The molecule has 0 radical (unpaired) electrons. The summed E-state index contributed by atoms with van der Waals surface area (Å²) in [6.45, 7) is 6.54. The molecule has 0 spiro atoms. The number of thiophene rings is 1. The molecule has 3 nitrogen and oxygen atoms in total. The molecular weight excluding hydrogens is 232 g/mol. The first-order chi connectivity index (χ1) is 8.20. The van der Waals surface area contributed by atoms with Crippen molar-refractivity contribution in [3.63, 3.8) is 0 Å². The Morgan fingerprint density at radius 3 is 2.71 bits per heavy atom. The van der Waals surface area contributed by atoms with Gasteiger partial charge in [-0.3, -0.25) is 4.79 Å². The Morgan fingerprint density at radius 2 is 2.29 bits per heavy atom. The van der Waals surface area contributed by atoms with Gasteiger partial charge in [0.2, 0.25) is 5.91 Å². The van der Waals surface area contributed by atoms with Crippen LogP contribution in [-0.4, -0.2) is 30.4 Å². The summed E-state index contributed by atoms with van der Waals surface area (Å²) in [5.74, 6) is 0.736. The van der Waals surface area contributed by atoms with Gasteiger partial charge in [-0.1, -0.05) is 0 Å². The predicted molar refractivity (Wildman–Crippen MR) is 69.8 cm³/mol. The van der Waals surface area contributed by atoms with Crippen LogP contribution in [0.2, 0.25) is 0 Å². The Labute approximate surface area is 107 Å². The fraction of sp³-hybridized carbons (Fsp3) is 0.615. The molecule has 0 unspecified atom stereocenters. The highest BCUT2D eigenvalue weighted by atomic mass is 32.1. The van der Waals surface area contributed by atoms with E-state index in [4.69, 9.17) is 0 Å². The smallest absolute Gasteiger partial charge is 0.233 e. The molecule has 1 aliphatic rings. The van der Waals surface area contributed by atoms with Crippen molar-refractivity contribution in [2.24, 2.45) is 5.92 Å². The van der Waals surface area contributed by atoms with Gasteiger partial charge in [-0.05, 0) is 42.7 Å². The van der Waals surface area contributed by atoms with Crippen LogP contribution in [0.5, 0.6) is 0 Å². The van der Waals surface area contributed by atoms with Crippen LogP contribution in [0, 0.1) is 5.92 Å². The second-order valence-corrected chi connectivity index (χ2v) is 5.43. The van der Waals surface area contributed by atoms with Crippen LogP contribution in [-0.2, 0) is 10.2 Å². The zero-order valence-corrected chi connectivity index (χ0v) is 11.4. The summed E-state index contributed by atoms with van der Waals surface area (Å²) < 4.78 is 0. The minimum atomic E-state index is -0.242. The maximum absolute atomic E-state index is 12.7. The lowest BCUT2D eigenvalue weighted by atomic mass is 9.94. The number of carbonyl (C=O) groups excluding carboxylic acids is 1. The lowest BCUT2D eigenvalue weighted by Gasteiger charge is -2.25. The van der Waals surface area contributed by atoms with Crippen LogP contribution in [0.3, 0.4) is 0 Å². The van der Waals surface area contributed by atoms with Crippen LogP contribution >= 0.6 is 11.3 Å². The summed E-state index contributed by atoms with van der Waals surface area (Å²) in [6, 6.07) is 2.10. The van der Waals surface area contributed by atoms with Gasteiger partial charge in [0.25, 0.3) is 0 Å². The largest absolute Gasteiger partial charge is 0.357 e. The van der Waals surface area contributed by atoms with E-state index in [1.54, 1.807) is 11.3 Å². The average Bonchev–Trinajstić information content (AvgIpc) is 2.84. The Bertz CT molecular complexity index is 386. The molecule has 0 aliphatic heterocycles. The standard InChI is InChI=1S/C13H20N2OS/c1-3-15(4-2)12(16)13(7-11(13)8-14)10-5-6-17-9-10/h5-6,9,11H,3-4,7-8,14H2,1-2H3/p+1/t11-,13+/m1/s1. The Morgan fingerprint density at radius 1 is 1.59 bits per heavy atom. The van der Waals surface area contributed by atoms with Crippen molar-refractivity contribution in [3.05, 3.63) is 22.4 Å². The van der Waals surface area contributed by atoms with Crippen molar-refractivity contribution in [2.45, 2.75) is 25.7 Å². The predicted octanol–water partition coefficient (Wildman–Crippen LogP) is 1.12. The quantitative estimate of drug-likeness (QED) is 0.840. The van der Waals surface area contributed by atoms with Gasteiger partial charge in [0.1, 0.15) is 0 Å². The van der Waals surface area contributed by atoms with E-state index in [0.29, 0.717) is 11.8 Å². The molecule has 94 valence electrons. The number of hydrogen-bond acceptors (Lipinski definition) is 2. The van der Waals surface area contributed by atoms with Gasteiger partial charge in [0.15, 0.2) is 0 Å². The molecule has 3 N–H and O–H groups in total. The van der Waals surface area contributed by atoms with E-state index in [-0.39, 0.29) is 5.41 Å². The lowest BCUT2D eigenvalue weighted by molar-refractivity contribution is -0.373. The summed E-state index contributed by atoms with van der Waals surface area (Å²) in [5, 5.41) is 4.18. The number of hydrogen-bond donors (Lipinski definition) is 1.